The maximum absolute atomic E-state index is 13.1. The molecule has 2 N–H and O–H groups in total. The van der Waals surface area contributed by atoms with E-state index in [2.05, 4.69) is 24.9 Å². The molecule has 21 heteroatoms. The second kappa shape index (κ2) is 20.6. The van der Waals surface area contributed by atoms with Gasteiger partial charge in [-0.05, 0) is 43.3 Å². The number of pyridine rings is 3. The fraction of sp³-hybridized carbons (Fsp3) is 0.268. The first-order valence-corrected chi connectivity index (χ1v) is 17.6. The van der Waals surface area contributed by atoms with E-state index in [9.17, 15) is 24.0 Å². The number of methoxy groups -OCH3 is 3. The van der Waals surface area contributed by atoms with Crippen LogP contribution in [0.25, 0.3) is 22.5 Å². The highest BCUT2D eigenvalue weighted by Crippen LogP contribution is 2.48. The number of aryl methyl sites for hydroxylation is 1. The van der Waals surface area contributed by atoms with Crippen LogP contribution in [0.3, 0.4) is 0 Å². The smallest absolute Gasteiger partial charge is 0.373 e. The number of fused-ring (bicyclic) bond motifs is 8. The highest BCUT2D eigenvalue weighted by atomic mass is 16.7. The lowest BCUT2D eigenvalue weighted by Gasteiger charge is -2.31. The van der Waals surface area contributed by atoms with Crippen molar-refractivity contribution < 1.29 is 76.3 Å². The lowest BCUT2D eigenvalue weighted by atomic mass is 9.85. The van der Waals surface area contributed by atoms with Crippen molar-refractivity contribution in [3.63, 3.8) is 0 Å². The number of nitrogens with one attached hydrogen (secondary N) is 2. The first kappa shape index (κ1) is 47.0. The predicted molar refractivity (Wildman–Crippen MR) is 204 cm³/mol. The van der Waals surface area contributed by atoms with Gasteiger partial charge in [0.1, 0.15) is 17.1 Å². The lowest BCUT2D eigenvalue weighted by Crippen LogP contribution is -2.41. The normalized spacial score (nSPS) is 14.8. The van der Waals surface area contributed by atoms with Gasteiger partial charge in [-0.3, -0.25) is 24.5 Å². The summed E-state index contributed by atoms with van der Waals surface area (Å²) < 4.78 is 37.0. The molecule has 0 radical (unpaired) electrons. The van der Waals surface area contributed by atoms with Gasteiger partial charge in [0.25, 0.3) is 11.6 Å². The molecule has 9 rings (SSSR count). The molecule has 62 heavy (non-hydrogen) atoms. The van der Waals surface area contributed by atoms with E-state index in [0.29, 0.717) is 41.3 Å². The highest BCUT2D eigenvalue weighted by Gasteiger charge is 2.55. The maximum Gasteiger partial charge on any atom is 0.373 e. The van der Waals surface area contributed by atoms with Crippen molar-refractivity contribution in [3.8, 4) is 22.5 Å². The zero-order valence-corrected chi connectivity index (χ0v) is 32.6. The first-order chi connectivity index (χ1) is 29.4. The Morgan fingerprint density at radius 3 is 1.40 bits per heavy atom. The van der Waals surface area contributed by atoms with Gasteiger partial charge >= 0.3 is 30.2 Å². The van der Waals surface area contributed by atoms with Gasteiger partial charge in [0.2, 0.25) is 11.6 Å². The average Bonchev–Trinajstić information content (AvgIpc) is 4.13. The summed E-state index contributed by atoms with van der Waals surface area (Å²) in [6.07, 6.45) is 6.74. The average molecular weight is 856 g/mol. The molecule has 2 fully saturated rings. The van der Waals surface area contributed by atoms with Crippen molar-refractivity contribution in [2.75, 3.05) is 47.8 Å². The number of esters is 3. The number of carbonyl (C=O) groups excluding carboxylic acids is 9. The molecule has 21 nitrogen and oxygen atoms in total. The standard InChI is InChI=1S/C17H14N2O7.C16H14N2O5.C5H5N.2CO2.CH4/c1-23-15(21)8-3-4-18-13-11(8)12-9(7-10(19-12)16(22)24-2)17(14(13)20)25-5-6-26-17;1-8-7-10-12(18-8)11-9(15(20)21-2)3-4-17-13(11)14(19)16(10)22-5-6-23-16;1-2-4-6-5-3-1;2*2-1-3;/h3-4,7,19H,5-6H2,1-2H3;3-4,7,18H,5-6H2,1-2H3;1-5H;;;1H4. The minimum absolute atomic E-state index is 0. The molecule has 2 aliphatic heterocycles. The summed E-state index contributed by atoms with van der Waals surface area (Å²) in [5.74, 6) is -5.92. The van der Waals surface area contributed by atoms with Crippen LogP contribution in [0.15, 0.2) is 67.3 Å². The van der Waals surface area contributed by atoms with E-state index in [0.717, 1.165) is 5.69 Å². The molecule has 2 spiro atoms. The fourth-order valence-electron chi connectivity index (χ4n) is 6.78. The van der Waals surface area contributed by atoms with E-state index in [1.807, 2.05) is 25.1 Å². The van der Waals surface area contributed by atoms with Crippen molar-refractivity contribution in [3.05, 3.63) is 112 Å². The molecule has 7 heterocycles. The monoisotopic (exact) mass is 855 g/mol. The van der Waals surface area contributed by atoms with E-state index in [-0.39, 0.29) is 66.7 Å². The number of aromatic amines is 2. The Labute approximate surface area is 351 Å². The van der Waals surface area contributed by atoms with Gasteiger partial charge in [0.15, 0.2) is 0 Å². The Hall–Kier alpha value is -7.64. The highest BCUT2D eigenvalue weighted by molar-refractivity contribution is 6.15. The van der Waals surface area contributed by atoms with Crippen LogP contribution in [0.4, 0.5) is 0 Å². The maximum atomic E-state index is 13.1. The molecule has 5 aromatic rings. The van der Waals surface area contributed by atoms with E-state index < -0.39 is 41.0 Å². The molecule has 2 aliphatic carbocycles. The number of nitrogens with zero attached hydrogens (tertiary/aromatic N) is 3. The third-order valence-electron chi connectivity index (χ3n) is 9.08. The van der Waals surface area contributed by atoms with Gasteiger partial charge < -0.3 is 43.1 Å². The Balaban J connectivity index is 0.000000214. The summed E-state index contributed by atoms with van der Waals surface area (Å²) in [6.45, 7) is 2.91. The molecule has 4 aliphatic rings. The molecule has 0 amide bonds. The number of hydrogen-bond donors (Lipinski definition) is 2. The van der Waals surface area contributed by atoms with Gasteiger partial charge in [-0.2, -0.15) is 19.2 Å². The van der Waals surface area contributed by atoms with Crippen LogP contribution in [0.1, 0.15) is 76.4 Å². The summed E-state index contributed by atoms with van der Waals surface area (Å²) >= 11 is 0. The number of ketones is 2. The quantitative estimate of drug-likeness (QED) is 0.195. The number of aromatic nitrogens is 5. The molecule has 0 aromatic carbocycles. The molecule has 2 saturated heterocycles. The van der Waals surface area contributed by atoms with E-state index in [1.165, 1.54) is 51.9 Å². The third kappa shape index (κ3) is 8.65. The molecular formula is C41H37N5O16. The van der Waals surface area contributed by atoms with Crippen molar-refractivity contribution in [1.29, 1.82) is 0 Å². The van der Waals surface area contributed by atoms with Crippen LogP contribution in [-0.4, -0.2) is 114 Å². The van der Waals surface area contributed by atoms with Crippen LogP contribution in [0.2, 0.25) is 0 Å². The lowest BCUT2D eigenvalue weighted by molar-refractivity contribution is -0.193. The summed E-state index contributed by atoms with van der Waals surface area (Å²) in [5, 5.41) is 0. The summed E-state index contributed by atoms with van der Waals surface area (Å²) in [4.78, 5) is 113. The third-order valence-corrected chi connectivity index (χ3v) is 9.08. The summed E-state index contributed by atoms with van der Waals surface area (Å²) in [5.41, 5.74) is 3.95. The van der Waals surface area contributed by atoms with Gasteiger partial charge in [0, 0.05) is 52.7 Å². The number of Topliss-reactive ketones (excluding diaryl/α,β-unsaturated/α-hetero) is 2. The number of hydrogen-bond acceptors (Lipinski definition) is 19. The largest absolute Gasteiger partial charge is 0.465 e. The molecule has 0 atom stereocenters. The first-order valence-electron chi connectivity index (χ1n) is 17.6. The second-order valence-electron chi connectivity index (χ2n) is 12.3. The Morgan fingerprint density at radius 2 is 1.03 bits per heavy atom. The van der Waals surface area contributed by atoms with E-state index >= 15 is 0 Å². The van der Waals surface area contributed by atoms with Crippen LogP contribution < -0.4 is 0 Å². The van der Waals surface area contributed by atoms with E-state index in [4.69, 9.17) is 52.3 Å². The second-order valence-corrected chi connectivity index (χ2v) is 12.3. The minimum Gasteiger partial charge on any atom is -0.465 e. The number of ether oxygens (including phenoxy) is 7. The Kier molecular flexibility index (Phi) is 15.6. The molecule has 0 saturated carbocycles. The molecule has 0 unspecified atom stereocenters. The zero-order chi connectivity index (χ0) is 44.3. The van der Waals surface area contributed by atoms with Crippen LogP contribution in [-0.2, 0) is 63.9 Å². The van der Waals surface area contributed by atoms with Gasteiger partial charge in [0.05, 0.1) is 70.3 Å². The predicted octanol–water partition coefficient (Wildman–Crippen LogP) is 3.16. The Bertz CT molecular complexity index is 2480. The van der Waals surface area contributed by atoms with Crippen LogP contribution in [0, 0.1) is 6.92 Å². The SMILES string of the molecule is C.COC(=O)c1cc2c([nH]1)-c1c(C(=O)OC)ccnc1C(=O)C21OCCO1.COC(=O)c1ccnc2c1-c1[nH]c(C)cc1C1(OCCO1)C2=O.O=C=O.O=C=O.c1ccncc1. The number of rotatable bonds is 3. The van der Waals surface area contributed by atoms with Crippen molar-refractivity contribution in [2.45, 2.75) is 25.9 Å². The molecule has 0 bridgehead atoms. The number of H-pyrrole nitrogens is 2. The van der Waals surface area contributed by atoms with Crippen molar-refractivity contribution >= 4 is 41.8 Å². The Morgan fingerprint density at radius 1 is 0.629 bits per heavy atom. The number of carbonyl (C=O) groups is 5. The zero-order valence-electron chi connectivity index (χ0n) is 32.6. The minimum atomic E-state index is -1.70. The van der Waals surface area contributed by atoms with Crippen molar-refractivity contribution in [1.82, 2.24) is 24.9 Å². The fourth-order valence-corrected chi connectivity index (χ4v) is 6.78. The van der Waals surface area contributed by atoms with Gasteiger partial charge in [-0.25, -0.2) is 14.4 Å². The molecule has 322 valence electrons. The van der Waals surface area contributed by atoms with Crippen LogP contribution >= 0.6 is 0 Å². The van der Waals surface area contributed by atoms with Gasteiger partial charge in [-0.15, -0.1) is 0 Å². The molecule has 5 aromatic heterocycles. The summed E-state index contributed by atoms with van der Waals surface area (Å²) in [7, 11) is 3.77. The van der Waals surface area contributed by atoms with Crippen LogP contribution in [0.5, 0.6) is 0 Å². The molecular weight excluding hydrogens is 818 g/mol. The van der Waals surface area contributed by atoms with Crippen molar-refractivity contribution in [2.24, 2.45) is 0 Å². The topological polar surface area (TPSA) is 288 Å². The summed E-state index contributed by atoms with van der Waals surface area (Å²) in [6, 6.07) is 11.9. The van der Waals surface area contributed by atoms with E-state index in [1.54, 1.807) is 18.5 Å². The van der Waals surface area contributed by atoms with Gasteiger partial charge in [-0.1, -0.05) is 13.5 Å².